The molecule has 1 aliphatic heterocycles. The molecule has 1 aromatic carbocycles. The first-order chi connectivity index (χ1) is 10.1. The van der Waals surface area contributed by atoms with Crippen LogP contribution < -0.4 is 4.74 Å². The van der Waals surface area contributed by atoms with Gasteiger partial charge in [0, 0.05) is 24.6 Å². The first-order valence-corrected chi connectivity index (χ1v) is 7.42. The molecule has 0 aliphatic carbocycles. The average Bonchev–Trinajstić information content (AvgIpc) is 2.48. The van der Waals surface area contributed by atoms with Crippen molar-refractivity contribution in [1.82, 2.24) is 4.90 Å². The summed E-state index contributed by atoms with van der Waals surface area (Å²) in [5.74, 6) is -0.0843. The summed E-state index contributed by atoms with van der Waals surface area (Å²) in [7, 11) is 1.54. The number of likely N-dealkylation sites (tertiary alicyclic amines) is 1. The van der Waals surface area contributed by atoms with Crippen LogP contribution in [-0.4, -0.2) is 40.8 Å². The Morgan fingerprint density at radius 3 is 2.95 bits per heavy atom. The molecule has 0 amide bonds. The van der Waals surface area contributed by atoms with Gasteiger partial charge in [0.25, 0.3) is 0 Å². The van der Waals surface area contributed by atoms with Crippen LogP contribution in [0.4, 0.5) is 0 Å². The van der Waals surface area contributed by atoms with Crippen LogP contribution in [0.1, 0.15) is 37.7 Å². The molecule has 5 heteroatoms. The number of piperidine rings is 1. The molecular weight excluding hydrogens is 270 g/mol. The lowest BCUT2D eigenvalue weighted by Gasteiger charge is -2.35. The van der Waals surface area contributed by atoms with Crippen LogP contribution in [-0.2, 0) is 11.3 Å². The van der Waals surface area contributed by atoms with Crippen LogP contribution in [0.5, 0.6) is 11.5 Å². The van der Waals surface area contributed by atoms with Gasteiger partial charge in [-0.1, -0.05) is 18.6 Å². The van der Waals surface area contributed by atoms with Gasteiger partial charge >= 0.3 is 5.97 Å². The molecule has 0 saturated carbocycles. The fraction of sp³-hybridized carbons (Fsp3) is 0.562. The molecule has 0 aromatic heterocycles. The Morgan fingerprint density at radius 1 is 1.43 bits per heavy atom. The van der Waals surface area contributed by atoms with E-state index in [-0.39, 0.29) is 18.2 Å². The SMILES string of the molecule is COc1cccc(CN2CCCCC2CCC(=O)O)c1O. The molecule has 21 heavy (non-hydrogen) atoms. The summed E-state index contributed by atoms with van der Waals surface area (Å²) in [5.41, 5.74) is 0.830. The molecule has 1 aromatic rings. The average molecular weight is 293 g/mol. The second kappa shape index (κ2) is 7.31. The molecular formula is C16H23NO4. The Bertz CT molecular complexity index is 489. The van der Waals surface area contributed by atoms with Crippen molar-refractivity contribution in [3.05, 3.63) is 23.8 Å². The number of benzene rings is 1. The van der Waals surface area contributed by atoms with Gasteiger partial charge in [0.1, 0.15) is 0 Å². The number of methoxy groups -OCH3 is 1. The van der Waals surface area contributed by atoms with Gasteiger partial charge in [-0.15, -0.1) is 0 Å². The quantitative estimate of drug-likeness (QED) is 0.843. The molecule has 2 rings (SSSR count). The van der Waals surface area contributed by atoms with E-state index < -0.39 is 5.97 Å². The standard InChI is InChI=1S/C16H23NO4/c1-21-14-7-4-5-12(16(14)20)11-17-10-3-2-6-13(17)8-9-15(18)19/h4-5,7,13,20H,2-3,6,8-11H2,1H3,(H,18,19). The summed E-state index contributed by atoms with van der Waals surface area (Å²) in [6.45, 7) is 1.58. The van der Waals surface area contributed by atoms with Gasteiger partial charge < -0.3 is 14.9 Å². The molecule has 1 fully saturated rings. The van der Waals surface area contributed by atoms with Crippen LogP contribution in [0.3, 0.4) is 0 Å². The third-order valence-corrected chi connectivity index (χ3v) is 4.12. The van der Waals surface area contributed by atoms with Crippen molar-refractivity contribution >= 4 is 5.97 Å². The van der Waals surface area contributed by atoms with Gasteiger partial charge in [0.15, 0.2) is 11.5 Å². The normalized spacial score (nSPS) is 19.4. The molecule has 2 N–H and O–H groups in total. The van der Waals surface area contributed by atoms with Crippen LogP contribution in [0.2, 0.25) is 0 Å². The lowest BCUT2D eigenvalue weighted by atomic mass is 9.97. The summed E-state index contributed by atoms with van der Waals surface area (Å²) in [6.07, 6.45) is 4.16. The van der Waals surface area contributed by atoms with Gasteiger partial charge in [0.05, 0.1) is 7.11 Å². The molecule has 0 radical (unpaired) electrons. The zero-order valence-electron chi connectivity index (χ0n) is 12.4. The Hall–Kier alpha value is -1.75. The van der Waals surface area contributed by atoms with Gasteiger partial charge in [-0.25, -0.2) is 0 Å². The highest BCUT2D eigenvalue weighted by Crippen LogP contribution is 2.32. The first kappa shape index (κ1) is 15.6. The molecule has 1 atom stereocenters. The number of ether oxygens (including phenoxy) is 1. The number of phenols is 1. The Kier molecular flexibility index (Phi) is 5.44. The Balaban J connectivity index is 2.06. The highest BCUT2D eigenvalue weighted by molar-refractivity contribution is 5.66. The monoisotopic (exact) mass is 293 g/mol. The number of aliphatic carboxylic acids is 1. The van der Waals surface area contributed by atoms with Crippen molar-refractivity contribution in [2.24, 2.45) is 0 Å². The minimum atomic E-state index is -0.746. The molecule has 1 saturated heterocycles. The number of phenolic OH excluding ortho intramolecular Hbond substituents is 1. The predicted octanol–water partition coefficient (Wildman–Crippen LogP) is 2.62. The van der Waals surface area contributed by atoms with Gasteiger partial charge in [-0.05, 0) is 31.9 Å². The van der Waals surface area contributed by atoms with E-state index in [0.29, 0.717) is 18.7 Å². The zero-order valence-corrected chi connectivity index (χ0v) is 12.4. The van der Waals surface area contributed by atoms with Crippen molar-refractivity contribution in [3.63, 3.8) is 0 Å². The van der Waals surface area contributed by atoms with Crippen molar-refractivity contribution in [2.45, 2.75) is 44.7 Å². The molecule has 1 heterocycles. The molecule has 0 spiro atoms. The first-order valence-electron chi connectivity index (χ1n) is 7.42. The summed E-state index contributed by atoms with van der Waals surface area (Å²) < 4.78 is 5.13. The number of nitrogens with zero attached hydrogens (tertiary/aromatic N) is 1. The number of carboxylic acid groups (broad SMARTS) is 1. The maximum Gasteiger partial charge on any atom is 0.303 e. The van der Waals surface area contributed by atoms with Crippen molar-refractivity contribution in [1.29, 1.82) is 0 Å². The predicted molar refractivity (Wildman–Crippen MR) is 79.6 cm³/mol. The van der Waals surface area contributed by atoms with E-state index in [1.165, 1.54) is 7.11 Å². The van der Waals surface area contributed by atoms with Crippen LogP contribution in [0, 0.1) is 0 Å². The fourth-order valence-electron chi connectivity index (χ4n) is 2.96. The van der Waals surface area contributed by atoms with E-state index in [4.69, 9.17) is 9.84 Å². The number of hydrogen-bond donors (Lipinski definition) is 2. The van der Waals surface area contributed by atoms with E-state index >= 15 is 0 Å². The van der Waals surface area contributed by atoms with Crippen molar-refractivity contribution in [2.75, 3.05) is 13.7 Å². The number of hydrogen-bond acceptors (Lipinski definition) is 4. The van der Waals surface area contributed by atoms with Gasteiger partial charge in [-0.3, -0.25) is 9.69 Å². The smallest absolute Gasteiger partial charge is 0.303 e. The number of rotatable bonds is 6. The topological polar surface area (TPSA) is 70.0 Å². The Labute approximate surface area is 125 Å². The summed E-state index contributed by atoms with van der Waals surface area (Å²) in [4.78, 5) is 13.0. The molecule has 116 valence electrons. The largest absolute Gasteiger partial charge is 0.504 e. The number of carbonyl (C=O) groups is 1. The second-order valence-electron chi connectivity index (χ2n) is 5.52. The maximum atomic E-state index is 10.8. The van der Waals surface area contributed by atoms with E-state index in [9.17, 15) is 9.90 Å². The summed E-state index contributed by atoms with van der Waals surface area (Å²) in [6, 6.07) is 5.77. The van der Waals surface area contributed by atoms with E-state index in [2.05, 4.69) is 4.90 Å². The third kappa shape index (κ3) is 4.11. The number of aromatic hydroxyl groups is 1. The van der Waals surface area contributed by atoms with Crippen molar-refractivity contribution in [3.8, 4) is 11.5 Å². The lowest BCUT2D eigenvalue weighted by molar-refractivity contribution is -0.137. The molecule has 1 unspecified atom stereocenters. The third-order valence-electron chi connectivity index (χ3n) is 4.12. The number of para-hydroxylation sites is 1. The maximum absolute atomic E-state index is 10.8. The minimum Gasteiger partial charge on any atom is -0.504 e. The van der Waals surface area contributed by atoms with E-state index in [0.717, 1.165) is 31.4 Å². The zero-order chi connectivity index (χ0) is 15.2. The highest BCUT2D eigenvalue weighted by atomic mass is 16.5. The molecule has 5 nitrogen and oxygen atoms in total. The van der Waals surface area contributed by atoms with E-state index in [1.807, 2.05) is 12.1 Å². The van der Waals surface area contributed by atoms with Crippen molar-refractivity contribution < 1.29 is 19.7 Å². The fourth-order valence-corrected chi connectivity index (χ4v) is 2.96. The second-order valence-corrected chi connectivity index (χ2v) is 5.52. The number of carboxylic acids is 1. The van der Waals surface area contributed by atoms with E-state index in [1.54, 1.807) is 6.07 Å². The molecule has 0 bridgehead atoms. The molecule has 1 aliphatic rings. The highest BCUT2D eigenvalue weighted by Gasteiger charge is 2.24. The van der Waals surface area contributed by atoms with Gasteiger partial charge in [-0.2, -0.15) is 0 Å². The van der Waals surface area contributed by atoms with Crippen LogP contribution in [0.15, 0.2) is 18.2 Å². The van der Waals surface area contributed by atoms with Crippen LogP contribution in [0.25, 0.3) is 0 Å². The minimum absolute atomic E-state index is 0.183. The lowest BCUT2D eigenvalue weighted by Crippen LogP contribution is -2.39. The summed E-state index contributed by atoms with van der Waals surface area (Å²) >= 11 is 0. The Morgan fingerprint density at radius 2 is 2.24 bits per heavy atom. The van der Waals surface area contributed by atoms with Gasteiger partial charge in [0.2, 0.25) is 0 Å². The van der Waals surface area contributed by atoms with Crippen LogP contribution >= 0.6 is 0 Å². The summed E-state index contributed by atoms with van der Waals surface area (Å²) in [5, 5.41) is 19.0.